The maximum atomic E-state index is 5.57. The van der Waals surface area contributed by atoms with Gasteiger partial charge in [-0.05, 0) is 45.8 Å². The van der Waals surface area contributed by atoms with Crippen molar-refractivity contribution in [3.05, 3.63) is 35.4 Å². The quantitative estimate of drug-likeness (QED) is 0.798. The molecule has 16 heavy (non-hydrogen) atoms. The number of rotatable bonds is 6. The van der Waals surface area contributed by atoms with Crippen LogP contribution in [-0.4, -0.2) is 24.0 Å². The van der Waals surface area contributed by atoms with E-state index in [1.807, 2.05) is 0 Å². The van der Waals surface area contributed by atoms with Gasteiger partial charge in [0.25, 0.3) is 0 Å². The Labute approximate surface area is 99.5 Å². The summed E-state index contributed by atoms with van der Waals surface area (Å²) in [5, 5.41) is 0. The number of hydrogen-bond donors (Lipinski definition) is 1. The summed E-state index contributed by atoms with van der Waals surface area (Å²) < 4.78 is 0. The van der Waals surface area contributed by atoms with E-state index in [0.29, 0.717) is 6.04 Å². The van der Waals surface area contributed by atoms with Crippen molar-refractivity contribution in [2.45, 2.75) is 39.8 Å². The summed E-state index contributed by atoms with van der Waals surface area (Å²) >= 11 is 0. The summed E-state index contributed by atoms with van der Waals surface area (Å²) in [7, 11) is 0. The first-order valence-corrected chi connectivity index (χ1v) is 6.13. The number of nitrogens with two attached hydrogens (primary N) is 1. The first-order valence-electron chi connectivity index (χ1n) is 6.13. The summed E-state index contributed by atoms with van der Waals surface area (Å²) in [5.41, 5.74) is 8.30. The van der Waals surface area contributed by atoms with Gasteiger partial charge < -0.3 is 5.73 Å². The molecule has 0 fully saturated rings. The highest BCUT2D eigenvalue weighted by molar-refractivity contribution is 5.22. The number of hydrogen-bond acceptors (Lipinski definition) is 2. The Bertz CT molecular complexity index is 307. The lowest BCUT2D eigenvalue weighted by Crippen LogP contribution is -2.32. The van der Waals surface area contributed by atoms with Gasteiger partial charge in [-0.25, -0.2) is 0 Å². The van der Waals surface area contributed by atoms with Crippen LogP contribution in [0.4, 0.5) is 0 Å². The Morgan fingerprint density at radius 2 is 2.06 bits per heavy atom. The standard InChI is InChI=1S/C14H24N2/c1-12(2)16(9-5-8-15)11-14-7-4-6-13(3)10-14/h4,6-7,10,12H,5,8-9,11,15H2,1-3H3. The molecule has 2 nitrogen and oxygen atoms in total. The zero-order chi connectivity index (χ0) is 12.0. The number of nitrogens with zero attached hydrogens (tertiary/aromatic N) is 1. The average molecular weight is 220 g/mol. The van der Waals surface area contributed by atoms with Gasteiger partial charge in [-0.3, -0.25) is 4.90 Å². The van der Waals surface area contributed by atoms with E-state index in [-0.39, 0.29) is 0 Å². The fourth-order valence-electron chi connectivity index (χ4n) is 1.86. The van der Waals surface area contributed by atoms with E-state index in [4.69, 9.17) is 5.73 Å². The Morgan fingerprint density at radius 1 is 1.31 bits per heavy atom. The maximum Gasteiger partial charge on any atom is 0.0236 e. The Balaban J connectivity index is 2.60. The first-order chi connectivity index (χ1) is 7.63. The lowest BCUT2D eigenvalue weighted by atomic mass is 10.1. The van der Waals surface area contributed by atoms with E-state index in [9.17, 15) is 0 Å². The minimum absolute atomic E-state index is 0.576. The number of benzene rings is 1. The van der Waals surface area contributed by atoms with Crippen molar-refractivity contribution in [2.75, 3.05) is 13.1 Å². The smallest absolute Gasteiger partial charge is 0.0236 e. The molecule has 0 unspecified atom stereocenters. The maximum absolute atomic E-state index is 5.57. The van der Waals surface area contributed by atoms with Crippen molar-refractivity contribution < 1.29 is 0 Å². The molecule has 0 radical (unpaired) electrons. The summed E-state index contributed by atoms with van der Waals surface area (Å²) in [6.07, 6.45) is 1.07. The summed E-state index contributed by atoms with van der Waals surface area (Å²) in [6, 6.07) is 9.31. The van der Waals surface area contributed by atoms with Crippen LogP contribution in [0.2, 0.25) is 0 Å². The highest BCUT2D eigenvalue weighted by atomic mass is 15.1. The largest absolute Gasteiger partial charge is 0.330 e. The normalized spacial score (nSPS) is 11.4. The summed E-state index contributed by atoms with van der Waals surface area (Å²) in [5.74, 6) is 0. The summed E-state index contributed by atoms with van der Waals surface area (Å²) in [4.78, 5) is 2.47. The van der Waals surface area contributed by atoms with Crippen LogP contribution < -0.4 is 5.73 Å². The molecule has 0 aliphatic heterocycles. The van der Waals surface area contributed by atoms with Crippen LogP contribution >= 0.6 is 0 Å². The SMILES string of the molecule is Cc1cccc(CN(CCCN)C(C)C)c1. The molecule has 0 bridgehead atoms. The van der Waals surface area contributed by atoms with Crippen molar-refractivity contribution in [3.8, 4) is 0 Å². The molecule has 2 heteroatoms. The Hall–Kier alpha value is -0.860. The second-order valence-corrected chi connectivity index (χ2v) is 4.70. The molecule has 0 saturated carbocycles. The van der Waals surface area contributed by atoms with E-state index in [2.05, 4.69) is 49.9 Å². The zero-order valence-corrected chi connectivity index (χ0v) is 10.7. The number of aryl methyl sites for hydroxylation is 1. The van der Waals surface area contributed by atoms with Crippen LogP contribution in [0, 0.1) is 6.92 Å². The van der Waals surface area contributed by atoms with Gasteiger partial charge in [0.2, 0.25) is 0 Å². The minimum Gasteiger partial charge on any atom is -0.330 e. The Kier molecular flexibility index (Phi) is 5.50. The van der Waals surface area contributed by atoms with Crippen LogP contribution in [0.1, 0.15) is 31.4 Å². The van der Waals surface area contributed by atoms with Gasteiger partial charge in [-0.2, -0.15) is 0 Å². The van der Waals surface area contributed by atoms with Gasteiger partial charge in [-0.1, -0.05) is 29.8 Å². The van der Waals surface area contributed by atoms with Crippen LogP contribution in [0.3, 0.4) is 0 Å². The first kappa shape index (κ1) is 13.2. The molecular formula is C14H24N2. The third kappa shape index (κ3) is 4.33. The average Bonchev–Trinajstić information content (AvgIpc) is 2.24. The molecule has 0 heterocycles. The lowest BCUT2D eigenvalue weighted by molar-refractivity contribution is 0.211. The predicted octanol–water partition coefficient (Wildman–Crippen LogP) is 2.55. The topological polar surface area (TPSA) is 29.3 Å². The molecule has 0 spiro atoms. The fourth-order valence-corrected chi connectivity index (χ4v) is 1.86. The molecule has 0 saturated heterocycles. The monoisotopic (exact) mass is 220 g/mol. The fraction of sp³-hybridized carbons (Fsp3) is 0.571. The molecule has 1 aromatic carbocycles. The van der Waals surface area contributed by atoms with Crippen LogP contribution in [0.25, 0.3) is 0 Å². The van der Waals surface area contributed by atoms with Crippen molar-refractivity contribution in [2.24, 2.45) is 5.73 Å². The highest BCUT2D eigenvalue weighted by Crippen LogP contribution is 2.10. The van der Waals surface area contributed by atoms with Gasteiger partial charge in [-0.15, -0.1) is 0 Å². The minimum atomic E-state index is 0.576. The molecule has 0 amide bonds. The van der Waals surface area contributed by atoms with Crippen molar-refractivity contribution in [3.63, 3.8) is 0 Å². The Morgan fingerprint density at radius 3 is 2.62 bits per heavy atom. The van der Waals surface area contributed by atoms with Crippen LogP contribution in [-0.2, 0) is 6.54 Å². The van der Waals surface area contributed by atoms with Gasteiger partial charge in [0.1, 0.15) is 0 Å². The lowest BCUT2D eigenvalue weighted by Gasteiger charge is -2.26. The van der Waals surface area contributed by atoms with E-state index in [0.717, 1.165) is 26.1 Å². The molecule has 0 aromatic heterocycles. The highest BCUT2D eigenvalue weighted by Gasteiger charge is 2.09. The van der Waals surface area contributed by atoms with Crippen LogP contribution in [0.15, 0.2) is 24.3 Å². The van der Waals surface area contributed by atoms with Crippen molar-refractivity contribution in [1.29, 1.82) is 0 Å². The van der Waals surface area contributed by atoms with E-state index in [1.165, 1.54) is 11.1 Å². The van der Waals surface area contributed by atoms with Gasteiger partial charge in [0.05, 0.1) is 0 Å². The second-order valence-electron chi connectivity index (χ2n) is 4.70. The van der Waals surface area contributed by atoms with Crippen molar-refractivity contribution in [1.82, 2.24) is 4.90 Å². The van der Waals surface area contributed by atoms with Crippen LogP contribution in [0.5, 0.6) is 0 Å². The van der Waals surface area contributed by atoms with E-state index in [1.54, 1.807) is 0 Å². The van der Waals surface area contributed by atoms with Gasteiger partial charge in [0.15, 0.2) is 0 Å². The molecule has 90 valence electrons. The molecule has 1 rings (SSSR count). The van der Waals surface area contributed by atoms with Gasteiger partial charge >= 0.3 is 0 Å². The molecule has 0 aliphatic carbocycles. The van der Waals surface area contributed by atoms with Crippen molar-refractivity contribution >= 4 is 0 Å². The zero-order valence-electron chi connectivity index (χ0n) is 10.7. The molecular weight excluding hydrogens is 196 g/mol. The van der Waals surface area contributed by atoms with E-state index < -0.39 is 0 Å². The molecule has 0 atom stereocenters. The van der Waals surface area contributed by atoms with E-state index >= 15 is 0 Å². The third-order valence-corrected chi connectivity index (χ3v) is 2.85. The third-order valence-electron chi connectivity index (χ3n) is 2.85. The second kappa shape index (κ2) is 6.66. The molecule has 0 aliphatic rings. The molecule has 2 N–H and O–H groups in total. The summed E-state index contributed by atoms with van der Waals surface area (Å²) in [6.45, 7) is 9.51. The van der Waals surface area contributed by atoms with Gasteiger partial charge in [0, 0.05) is 12.6 Å². The molecule has 1 aromatic rings. The predicted molar refractivity (Wildman–Crippen MR) is 70.4 cm³/mol.